The molecule has 5 nitrogen and oxygen atoms in total. The average Bonchev–Trinajstić information content (AvgIpc) is 2.74. The molecular weight excluding hydrogens is 320 g/mol. The first-order chi connectivity index (χ1) is 10.5. The Labute approximate surface area is 137 Å². The summed E-state index contributed by atoms with van der Waals surface area (Å²) < 4.78 is 5.96. The topological polar surface area (TPSA) is 58.6 Å². The molecule has 0 bridgehead atoms. The number of para-hydroxylation sites is 1. The van der Waals surface area contributed by atoms with Gasteiger partial charge >= 0.3 is 0 Å². The molecule has 0 atom stereocenters. The number of carbonyl (C=O) groups excluding carboxylic acids is 2. The maximum Gasteiger partial charge on any atom is 0.285 e. The van der Waals surface area contributed by atoms with Crippen LogP contribution in [0.15, 0.2) is 40.8 Å². The molecule has 0 radical (unpaired) electrons. The van der Waals surface area contributed by atoms with E-state index in [4.69, 9.17) is 17.0 Å². The van der Waals surface area contributed by atoms with E-state index in [2.05, 4.69) is 5.43 Å². The second-order valence-electron chi connectivity index (χ2n) is 4.73. The third kappa shape index (κ3) is 2.90. The molecule has 2 aliphatic rings. The predicted molar refractivity (Wildman–Crippen MR) is 88.8 cm³/mol. The van der Waals surface area contributed by atoms with Crippen molar-refractivity contribution in [1.82, 2.24) is 10.4 Å². The van der Waals surface area contributed by atoms with Crippen LogP contribution in [0.2, 0.25) is 0 Å². The number of nitrogens with one attached hydrogen (secondary N) is 1. The fraction of sp³-hybridized carbons (Fsp3) is 0.133. The Morgan fingerprint density at radius 1 is 1.45 bits per heavy atom. The first kappa shape index (κ1) is 14.8. The smallest absolute Gasteiger partial charge is 0.285 e. The van der Waals surface area contributed by atoms with Crippen LogP contribution in [0.1, 0.15) is 12.5 Å². The van der Waals surface area contributed by atoms with Gasteiger partial charge in [-0.15, -0.1) is 0 Å². The highest BCUT2D eigenvalue weighted by Crippen LogP contribution is 2.33. The van der Waals surface area contributed by atoms with Crippen LogP contribution >= 0.6 is 24.0 Å². The number of hydrogen-bond donors (Lipinski definition) is 1. The van der Waals surface area contributed by atoms with E-state index in [1.54, 1.807) is 6.08 Å². The van der Waals surface area contributed by atoms with Crippen LogP contribution < -0.4 is 10.2 Å². The molecular formula is C15H12N2O3S2. The van der Waals surface area contributed by atoms with Gasteiger partial charge < -0.3 is 4.74 Å². The van der Waals surface area contributed by atoms with Crippen LogP contribution in [0, 0.1) is 0 Å². The number of hydrazine groups is 1. The molecule has 0 spiro atoms. The molecule has 0 aliphatic carbocycles. The Hall–Kier alpha value is -2.12. The van der Waals surface area contributed by atoms with E-state index in [0.717, 1.165) is 33.7 Å². The largest absolute Gasteiger partial charge is 0.488 e. The molecule has 2 aliphatic heterocycles. The minimum absolute atomic E-state index is 0.309. The number of nitrogens with zero attached hydrogens (tertiary/aromatic N) is 1. The highest BCUT2D eigenvalue weighted by atomic mass is 32.2. The van der Waals surface area contributed by atoms with Crippen molar-refractivity contribution in [2.75, 3.05) is 6.61 Å². The lowest BCUT2D eigenvalue weighted by Gasteiger charge is -2.16. The number of thiocarbonyl (C=S) groups is 1. The summed E-state index contributed by atoms with van der Waals surface area (Å²) in [5.41, 5.74) is 4.26. The van der Waals surface area contributed by atoms with Crippen LogP contribution in [-0.2, 0) is 9.59 Å². The summed E-state index contributed by atoms with van der Waals surface area (Å²) in [6, 6.07) is 7.69. The maximum atomic E-state index is 12.2. The van der Waals surface area contributed by atoms with Gasteiger partial charge in [0.15, 0.2) is 4.32 Å². The van der Waals surface area contributed by atoms with Crippen molar-refractivity contribution < 1.29 is 14.3 Å². The molecule has 22 heavy (non-hydrogen) atoms. The summed E-state index contributed by atoms with van der Waals surface area (Å²) in [5, 5.41) is 1.09. The minimum atomic E-state index is -0.341. The summed E-state index contributed by atoms with van der Waals surface area (Å²) in [5.74, 6) is 0.155. The van der Waals surface area contributed by atoms with Crippen molar-refractivity contribution in [2.45, 2.75) is 6.92 Å². The number of carbonyl (C=O) groups is 2. The molecule has 1 aromatic carbocycles. The lowest BCUT2D eigenvalue weighted by molar-refractivity contribution is -0.132. The Morgan fingerprint density at radius 2 is 2.23 bits per heavy atom. The highest BCUT2D eigenvalue weighted by molar-refractivity contribution is 8.26. The van der Waals surface area contributed by atoms with E-state index < -0.39 is 0 Å². The first-order valence-corrected chi connectivity index (χ1v) is 7.74. The van der Waals surface area contributed by atoms with Gasteiger partial charge in [-0.05, 0) is 36.0 Å². The summed E-state index contributed by atoms with van der Waals surface area (Å²) in [6.07, 6.45) is 3.72. The summed E-state index contributed by atoms with van der Waals surface area (Å²) in [6.45, 7) is 1.72. The van der Waals surface area contributed by atoms with Gasteiger partial charge in [-0.25, -0.2) is 0 Å². The minimum Gasteiger partial charge on any atom is -0.488 e. The van der Waals surface area contributed by atoms with Crippen molar-refractivity contribution in [1.29, 1.82) is 0 Å². The van der Waals surface area contributed by atoms with Gasteiger partial charge in [0.2, 0.25) is 5.91 Å². The van der Waals surface area contributed by atoms with E-state index >= 15 is 0 Å². The standard InChI is InChI=1S/C15H12N2O3S2/c1-9(18)16-17-14(19)13(22-15(17)21)7-10-6-11-4-2-3-5-12(11)20-8-10/h2-7H,8H2,1H3,(H,16,18). The van der Waals surface area contributed by atoms with Crippen molar-refractivity contribution in [3.8, 4) is 5.75 Å². The molecule has 1 fully saturated rings. The fourth-order valence-electron chi connectivity index (χ4n) is 2.11. The van der Waals surface area contributed by atoms with E-state index in [1.807, 2.05) is 30.3 Å². The van der Waals surface area contributed by atoms with Crippen molar-refractivity contribution in [3.63, 3.8) is 0 Å². The number of hydrogen-bond acceptors (Lipinski definition) is 5. The molecule has 3 rings (SSSR count). The van der Waals surface area contributed by atoms with E-state index in [-0.39, 0.29) is 11.8 Å². The molecule has 1 saturated heterocycles. The fourth-order valence-corrected chi connectivity index (χ4v) is 3.30. The molecule has 1 N–H and O–H groups in total. The van der Waals surface area contributed by atoms with Gasteiger partial charge in [-0.2, -0.15) is 5.01 Å². The van der Waals surface area contributed by atoms with Gasteiger partial charge in [0.1, 0.15) is 12.4 Å². The number of rotatable bonds is 2. The van der Waals surface area contributed by atoms with Crippen molar-refractivity contribution in [2.24, 2.45) is 0 Å². The molecule has 2 heterocycles. The Kier molecular flexibility index (Phi) is 4.00. The Bertz CT molecular complexity index is 740. The molecule has 7 heteroatoms. The first-order valence-electron chi connectivity index (χ1n) is 6.52. The third-order valence-corrected chi connectivity index (χ3v) is 4.34. The average molecular weight is 332 g/mol. The van der Waals surface area contributed by atoms with Crippen LogP contribution in [0.25, 0.3) is 6.08 Å². The Balaban J connectivity index is 1.85. The zero-order valence-electron chi connectivity index (χ0n) is 11.7. The second kappa shape index (κ2) is 5.94. The van der Waals surface area contributed by atoms with E-state index in [9.17, 15) is 9.59 Å². The molecule has 112 valence electrons. The number of ether oxygens (including phenoxy) is 1. The zero-order chi connectivity index (χ0) is 15.7. The van der Waals surface area contributed by atoms with Crippen LogP contribution in [0.3, 0.4) is 0 Å². The monoisotopic (exact) mass is 332 g/mol. The number of fused-ring (bicyclic) bond motifs is 1. The molecule has 0 unspecified atom stereocenters. The molecule has 0 saturated carbocycles. The van der Waals surface area contributed by atoms with Gasteiger partial charge in [0, 0.05) is 12.5 Å². The quantitative estimate of drug-likeness (QED) is 0.665. The normalized spacial score (nSPS) is 18.9. The van der Waals surface area contributed by atoms with Gasteiger partial charge in [0.25, 0.3) is 5.91 Å². The summed E-state index contributed by atoms with van der Waals surface area (Å²) >= 11 is 6.26. The summed E-state index contributed by atoms with van der Waals surface area (Å²) in [7, 11) is 0. The molecule has 0 aromatic heterocycles. The lowest BCUT2D eigenvalue weighted by atomic mass is 10.1. The van der Waals surface area contributed by atoms with Crippen LogP contribution in [0.4, 0.5) is 0 Å². The number of amides is 2. The van der Waals surface area contributed by atoms with Crippen LogP contribution in [0.5, 0.6) is 5.75 Å². The third-order valence-electron chi connectivity index (χ3n) is 3.03. The van der Waals surface area contributed by atoms with Gasteiger partial charge in [-0.3, -0.25) is 15.0 Å². The molecule has 2 amide bonds. The SMILES string of the molecule is CC(=O)NN1C(=O)C(=CC2=Cc3ccccc3OC2)SC1=S. The number of benzene rings is 1. The highest BCUT2D eigenvalue weighted by Gasteiger charge is 2.33. The second-order valence-corrected chi connectivity index (χ2v) is 6.41. The van der Waals surface area contributed by atoms with Crippen molar-refractivity contribution in [3.05, 3.63) is 46.4 Å². The van der Waals surface area contributed by atoms with Gasteiger partial charge in [-0.1, -0.05) is 30.0 Å². The lowest BCUT2D eigenvalue weighted by Crippen LogP contribution is -2.43. The van der Waals surface area contributed by atoms with Gasteiger partial charge in [0.05, 0.1) is 4.91 Å². The molecule has 1 aromatic rings. The maximum absolute atomic E-state index is 12.2. The summed E-state index contributed by atoms with van der Waals surface area (Å²) in [4.78, 5) is 23.8. The predicted octanol–water partition coefficient (Wildman–Crippen LogP) is 2.26. The van der Waals surface area contributed by atoms with E-state index in [1.165, 1.54) is 6.92 Å². The zero-order valence-corrected chi connectivity index (χ0v) is 13.3. The van der Waals surface area contributed by atoms with Crippen molar-refractivity contribution >= 4 is 46.2 Å². The number of thioether (sulfide) groups is 1. The Morgan fingerprint density at radius 3 is 3.00 bits per heavy atom. The van der Waals surface area contributed by atoms with E-state index in [0.29, 0.717) is 15.8 Å². The van der Waals surface area contributed by atoms with Crippen LogP contribution in [-0.4, -0.2) is 27.8 Å².